The molecule has 1 aliphatic rings. The van der Waals surface area contributed by atoms with Gasteiger partial charge in [0.2, 0.25) is 11.8 Å². The average Bonchev–Trinajstić information content (AvgIpc) is 2.88. The molecule has 1 aliphatic heterocycles. The Morgan fingerprint density at radius 3 is 2.57 bits per heavy atom. The molecule has 0 radical (unpaired) electrons. The van der Waals surface area contributed by atoms with Crippen LogP contribution in [0.4, 0.5) is 0 Å². The van der Waals surface area contributed by atoms with E-state index in [0.29, 0.717) is 37.0 Å². The molecule has 6 nitrogen and oxygen atoms in total. The molecule has 2 aromatic rings. The summed E-state index contributed by atoms with van der Waals surface area (Å²) in [6, 6.07) is 5.61. The minimum absolute atomic E-state index is 0.0464. The van der Waals surface area contributed by atoms with Crippen LogP contribution in [0, 0.1) is 0 Å². The minimum Gasteiger partial charge on any atom is -0.339 e. The Kier molecular flexibility index (Phi) is 4.34. The lowest BCUT2D eigenvalue weighted by Crippen LogP contribution is -2.49. The lowest BCUT2D eigenvalue weighted by Gasteiger charge is -2.33. The third-order valence-corrected chi connectivity index (χ3v) is 4.22. The first kappa shape index (κ1) is 15.6. The van der Waals surface area contributed by atoms with Gasteiger partial charge in [0.25, 0.3) is 0 Å². The zero-order valence-corrected chi connectivity index (χ0v) is 13.5. The van der Waals surface area contributed by atoms with Gasteiger partial charge in [-0.1, -0.05) is 17.7 Å². The van der Waals surface area contributed by atoms with E-state index in [9.17, 15) is 9.59 Å². The Labute approximate surface area is 139 Å². The molecule has 23 heavy (non-hydrogen) atoms. The maximum absolute atomic E-state index is 12.3. The predicted octanol–water partition coefficient (Wildman–Crippen LogP) is 1.69. The zero-order chi connectivity index (χ0) is 16.4. The molecule has 0 bridgehead atoms. The molecule has 0 aliphatic carbocycles. The van der Waals surface area contributed by atoms with Gasteiger partial charge in [0.15, 0.2) is 5.15 Å². The maximum atomic E-state index is 12.3. The standard InChI is InChI=1S/C16H17ClN4O2/c1-12(22)19-8-10-20(11-9-19)15(23)6-5-13-16(17)18-14-4-2-3-7-21(13)14/h2-7H,8-11H2,1H3/b6-5+. The second kappa shape index (κ2) is 6.42. The van der Waals surface area contributed by atoms with Gasteiger partial charge in [0.1, 0.15) is 5.65 Å². The van der Waals surface area contributed by atoms with Crippen LogP contribution in [-0.2, 0) is 9.59 Å². The largest absolute Gasteiger partial charge is 0.339 e. The number of hydrogen-bond acceptors (Lipinski definition) is 3. The van der Waals surface area contributed by atoms with Crippen molar-refractivity contribution in [3.63, 3.8) is 0 Å². The number of aromatic nitrogens is 2. The Bertz CT molecular complexity index is 775. The van der Waals surface area contributed by atoms with Gasteiger partial charge in [-0.15, -0.1) is 0 Å². The lowest BCUT2D eigenvalue weighted by molar-refractivity contribution is -0.135. The molecule has 0 saturated carbocycles. The van der Waals surface area contributed by atoms with Gasteiger partial charge in [-0.25, -0.2) is 4.98 Å². The summed E-state index contributed by atoms with van der Waals surface area (Å²) in [5, 5.41) is 0.363. The summed E-state index contributed by atoms with van der Waals surface area (Å²) in [5.74, 6) is -0.0414. The van der Waals surface area contributed by atoms with Crippen LogP contribution >= 0.6 is 11.6 Å². The van der Waals surface area contributed by atoms with Crippen molar-refractivity contribution in [2.24, 2.45) is 0 Å². The van der Waals surface area contributed by atoms with E-state index >= 15 is 0 Å². The monoisotopic (exact) mass is 332 g/mol. The van der Waals surface area contributed by atoms with Gasteiger partial charge in [0, 0.05) is 45.4 Å². The summed E-state index contributed by atoms with van der Waals surface area (Å²) < 4.78 is 1.83. The SMILES string of the molecule is CC(=O)N1CCN(C(=O)/C=C/c2c(Cl)nc3ccccn23)CC1. The normalized spacial score (nSPS) is 15.6. The van der Waals surface area contributed by atoms with E-state index in [-0.39, 0.29) is 11.8 Å². The summed E-state index contributed by atoms with van der Waals surface area (Å²) in [7, 11) is 0. The molecule has 120 valence electrons. The van der Waals surface area contributed by atoms with Crippen molar-refractivity contribution in [3.05, 3.63) is 41.3 Å². The smallest absolute Gasteiger partial charge is 0.246 e. The highest BCUT2D eigenvalue weighted by molar-refractivity contribution is 6.31. The summed E-state index contributed by atoms with van der Waals surface area (Å²) in [6.07, 6.45) is 5.04. The summed E-state index contributed by atoms with van der Waals surface area (Å²) in [6.45, 7) is 3.79. The van der Waals surface area contributed by atoms with E-state index in [1.807, 2.05) is 28.8 Å². The number of imidazole rings is 1. The molecule has 1 saturated heterocycles. The molecule has 7 heteroatoms. The van der Waals surface area contributed by atoms with Crippen molar-refractivity contribution in [1.29, 1.82) is 0 Å². The molecule has 3 heterocycles. The molecule has 0 spiro atoms. The molecule has 0 aromatic carbocycles. The van der Waals surface area contributed by atoms with Crippen LogP contribution in [0.2, 0.25) is 5.15 Å². The van der Waals surface area contributed by atoms with E-state index in [1.165, 1.54) is 6.08 Å². The molecule has 0 atom stereocenters. The van der Waals surface area contributed by atoms with Crippen molar-refractivity contribution in [1.82, 2.24) is 19.2 Å². The number of carbonyl (C=O) groups is 2. The van der Waals surface area contributed by atoms with Crippen molar-refractivity contribution in [2.75, 3.05) is 26.2 Å². The first-order valence-electron chi connectivity index (χ1n) is 7.41. The number of fused-ring (bicyclic) bond motifs is 1. The van der Waals surface area contributed by atoms with Crippen LogP contribution in [0.25, 0.3) is 11.7 Å². The van der Waals surface area contributed by atoms with E-state index in [0.717, 1.165) is 5.65 Å². The fourth-order valence-electron chi connectivity index (χ4n) is 2.63. The van der Waals surface area contributed by atoms with Crippen LogP contribution in [0.5, 0.6) is 0 Å². The molecular formula is C16H17ClN4O2. The van der Waals surface area contributed by atoms with E-state index in [4.69, 9.17) is 11.6 Å². The van der Waals surface area contributed by atoms with Crippen molar-refractivity contribution in [3.8, 4) is 0 Å². The van der Waals surface area contributed by atoms with Gasteiger partial charge in [-0.05, 0) is 18.2 Å². The highest BCUT2D eigenvalue weighted by Gasteiger charge is 2.21. The number of amides is 2. The summed E-state index contributed by atoms with van der Waals surface area (Å²) >= 11 is 6.14. The first-order valence-corrected chi connectivity index (χ1v) is 7.79. The van der Waals surface area contributed by atoms with Crippen LogP contribution in [-0.4, -0.2) is 57.2 Å². The fourth-order valence-corrected chi connectivity index (χ4v) is 2.87. The van der Waals surface area contributed by atoms with Gasteiger partial charge in [-0.2, -0.15) is 0 Å². The van der Waals surface area contributed by atoms with Gasteiger partial charge in [0.05, 0.1) is 5.69 Å². The number of piperazine rings is 1. The lowest BCUT2D eigenvalue weighted by atomic mass is 10.3. The Hall–Kier alpha value is -2.34. The number of hydrogen-bond donors (Lipinski definition) is 0. The summed E-state index contributed by atoms with van der Waals surface area (Å²) in [4.78, 5) is 31.3. The molecule has 0 N–H and O–H groups in total. The molecule has 1 fully saturated rings. The number of halogens is 1. The molecule has 2 amide bonds. The first-order chi connectivity index (χ1) is 11.1. The van der Waals surface area contributed by atoms with E-state index < -0.39 is 0 Å². The second-order valence-electron chi connectivity index (χ2n) is 5.38. The van der Waals surface area contributed by atoms with E-state index in [1.54, 1.807) is 22.8 Å². The number of nitrogens with zero attached hydrogens (tertiary/aromatic N) is 4. The van der Waals surface area contributed by atoms with Crippen LogP contribution in [0.15, 0.2) is 30.5 Å². The number of pyridine rings is 1. The Morgan fingerprint density at radius 2 is 1.87 bits per heavy atom. The van der Waals surface area contributed by atoms with Gasteiger partial charge < -0.3 is 9.80 Å². The number of carbonyl (C=O) groups excluding carboxylic acids is 2. The van der Waals surface area contributed by atoms with Gasteiger partial charge in [-0.3, -0.25) is 14.0 Å². The quantitative estimate of drug-likeness (QED) is 0.786. The van der Waals surface area contributed by atoms with Crippen molar-refractivity contribution in [2.45, 2.75) is 6.92 Å². The third kappa shape index (κ3) is 3.22. The van der Waals surface area contributed by atoms with Crippen LogP contribution in [0.1, 0.15) is 12.6 Å². The van der Waals surface area contributed by atoms with Crippen molar-refractivity contribution >= 4 is 35.1 Å². The van der Waals surface area contributed by atoms with Crippen LogP contribution in [0.3, 0.4) is 0 Å². The molecule has 0 unspecified atom stereocenters. The maximum Gasteiger partial charge on any atom is 0.246 e. The topological polar surface area (TPSA) is 57.9 Å². The highest BCUT2D eigenvalue weighted by atomic mass is 35.5. The Morgan fingerprint density at radius 1 is 1.17 bits per heavy atom. The predicted molar refractivity (Wildman–Crippen MR) is 88.1 cm³/mol. The zero-order valence-electron chi connectivity index (χ0n) is 12.8. The molecule has 2 aromatic heterocycles. The Balaban J connectivity index is 1.71. The second-order valence-corrected chi connectivity index (χ2v) is 5.74. The van der Waals surface area contributed by atoms with Gasteiger partial charge >= 0.3 is 0 Å². The molecule has 3 rings (SSSR count). The van der Waals surface area contributed by atoms with Crippen molar-refractivity contribution < 1.29 is 9.59 Å². The van der Waals surface area contributed by atoms with Crippen LogP contribution < -0.4 is 0 Å². The highest BCUT2D eigenvalue weighted by Crippen LogP contribution is 2.19. The third-order valence-electron chi connectivity index (χ3n) is 3.94. The number of rotatable bonds is 2. The van der Waals surface area contributed by atoms with E-state index in [2.05, 4.69) is 4.98 Å². The minimum atomic E-state index is -0.0878. The molecular weight excluding hydrogens is 316 g/mol. The fraction of sp³-hybridized carbons (Fsp3) is 0.312. The summed E-state index contributed by atoms with van der Waals surface area (Å²) in [5.41, 5.74) is 1.41. The average molecular weight is 333 g/mol.